The first-order valence-corrected chi connectivity index (χ1v) is 9.95. The zero-order chi connectivity index (χ0) is 20.6. The van der Waals surface area contributed by atoms with Crippen LogP contribution in [-0.4, -0.2) is 17.7 Å². The fourth-order valence-corrected chi connectivity index (χ4v) is 4.28. The lowest BCUT2D eigenvalue weighted by Crippen LogP contribution is -2.51. The van der Waals surface area contributed by atoms with Gasteiger partial charge in [0.25, 0.3) is 0 Å². The molecule has 1 saturated carbocycles. The molecule has 0 radical (unpaired) electrons. The van der Waals surface area contributed by atoms with E-state index in [9.17, 15) is 18.8 Å². The van der Waals surface area contributed by atoms with Crippen molar-refractivity contribution in [2.24, 2.45) is 5.92 Å². The molecule has 4 rings (SSSR count). The monoisotopic (exact) mass is 394 g/mol. The average Bonchev–Trinajstić information content (AvgIpc) is 3.50. The van der Waals surface area contributed by atoms with Crippen LogP contribution in [0.1, 0.15) is 49.7 Å². The lowest BCUT2D eigenvalue weighted by molar-refractivity contribution is -0.138. The third-order valence-corrected chi connectivity index (χ3v) is 6.21. The molecule has 3 unspecified atom stereocenters. The molecule has 2 aliphatic rings. The van der Waals surface area contributed by atoms with Gasteiger partial charge in [-0.3, -0.25) is 19.7 Å². The molecule has 0 bridgehead atoms. The second kappa shape index (κ2) is 7.43. The van der Waals surface area contributed by atoms with Crippen molar-refractivity contribution >= 4 is 23.4 Å². The highest BCUT2D eigenvalue weighted by molar-refractivity contribution is 6.03. The minimum absolute atomic E-state index is 0.0812. The van der Waals surface area contributed by atoms with Crippen molar-refractivity contribution in [3.63, 3.8) is 0 Å². The first-order valence-electron chi connectivity index (χ1n) is 9.95. The van der Waals surface area contributed by atoms with Crippen molar-refractivity contribution in [1.29, 1.82) is 0 Å². The predicted molar refractivity (Wildman–Crippen MR) is 107 cm³/mol. The summed E-state index contributed by atoms with van der Waals surface area (Å²) in [7, 11) is 0. The third-order valence-electron chi connectivity index (χ3n) is 6.21. The fraction of sp³-hybridized carbons (Fsp3) is 0.348. The topological polar surface area (TPSA) is 75.3 Å². The number of benzene rings is 2. The number of hydrogen-bond donors (Lipinski definition) is 2. The molecule has 0 aromatic heterocycles. The minimum atomic E-state index is -0.719. The molecule has 1 heterocycles. The summed E-state index contributed by atoms with van der Waals surface area (Å²) in [5, 5.41) is 5.32. The Morgan fingerprint density at radius 3 is 2.55 bits per heavy atom. The van der Waals surface area contributed by atoms with Crippen molar-refractivity contribution in [3.05, 3.63) is 65.5 Å². The van der Waals surface area contributed by atoms with Crippen molar-refractivity contribution in [1.82, 2.24) is 5.32 Å². The van der Waals surface area contributed by atoms with E-state index in [1.165, 1.54) is 6.07 Å². The van der Waals surface area contributed by atoms with E-state index in [-0.39, 0.29) is 35.4 Å². The van der Waals surface area contributed by atoms with Crippen LogP contribution in [-0.2, 0) is 19.8 Å². The number of imide groups is 1. The van der Waals surface area contributed by atoms with Crippen LogP contribution in [0, 0.1) is 11.7 Å². The van der Waals surface area contributed by atoms with E-state index in [4.69, 9.17) is 0 Å². The van der Waals surface area contributed by atoms with Gasteiger partial charge < -0.3 is 5.32 Å². The van der Waals surface area contributed by atoms with Gasteiger partial charge in [0.05, 0.1) is 5.41 Å². The van der Waals surface area contributed by atoms with Crippen molar-refractivity contribution in [2.75, 3.05) is 5.32 Å². The van der Waals surface area contributed by atoms with Gasteiger partial charge in [-0.15, -0.1) is 0 Å². The van der Waals surface area contributed by atoms with Crippen LogP contribution >= 0.6 is 0 Å². The number of rotatable bonds is 5. The van der Waals surface area contributed by atoms with E-state index >= 15 is 0 Å². The quantitative estimate of drug-likeness (QED) is 0.760. The molecule has 2 aromatic carbocycles. The van der Waals surface area contributed by atoms with Gasteiger partial charge in [0.1, 0.15) is 5.82 Å². The van der Waals surface area contributed by atoms with Crippen LogP contribution in [0.15, 0.2) is 48.5 Å². The summed E-state index contributed by atoms with van der Waals surface area (Å²) in [4.78, 5) is 36.5. The SMILES string of the molecule is CCC1(c2ccc(NC(=O)C3CC3c3ccccc3F)cc2)CCC(=O)NC1=O. The Hall–Kier alpha value is -3.02. The fourth-order valence-electron chi connectivity index (χ4n) is 4.28. The number of piperidine rings is 1. The third kappa shape index (κ3) is 3.55. The largest absolute Gasteiger partial charge is 0.326 e. The molecule has 2 fully saturated rings. The Morgan fingerprint density at radius 2 is 1.90 bits per heavy atom. The Morgan fingerprint density at radius 1 is 1.17 bits per heavy atom. The van der Waals surface area contributed by atoms with Gasteiger partial charge in [-0.25, -0.2) is 4.39 Å². The molecule has 0 spiro atoms. The number of amides is 3. The van der Waals surface area contributed by atoms with E-state index in [1.807, 2.05) is 19.1 Å². The number of carbonyl (C=O) groups is 3. The predicted octanol–water partition coefficient (Wildman–Crippen LogP) is 3.65. The number of hydrogen-bond acceptors (Lipinski definition) is 3. The second-order valence-corrected chi connectivity index (χ2v) is 7.85. The van der Waals surface area contributed by atoms with Gasteiger partial charge in [-0.1, -0.05) is 37.3 Å². The summed E-state index contributed by atoms with van der Waals surface area (Å²) in [6.45, 7) is 1.93. The maximum Gasteiger partial charge on any atom is 0.237 e. The lowest BCUT2D eigenvalue weighted by atomic mass is 9.72. The first kappa shape index (κ1) is 19.3. The van der Waals surface area contributed by atoms with Crippen LogP contribution in [0.5, 0.6) is 0 Å². The van der Waals surface area contributed by atoms with Gasteiger partial charge in [0, 0.05) is 18.0 Å². The Kier molecular flexibility index (Phi) is 4.94. The molecule has 1 saturated heterocycles. The molecule has 1 aliphatic carbocycles. The van der Waals surface area contributed by atoms with Crippen LogP contribution in [0.25, 0.3) is 0 Å². The number of nitrogens with one attached hydrogen (secondary N) is 2. The second-order valence-electron chi connectivity index (χ2n) is 7.85. The maximum atomic E-state index is 13.9. The number of anilines is 1. The maximum absolute atomic E-state index is 13.9. The molecule has 1 aliphatic heterocycles. The standard InChI is InChI=1S/C23H23FN2O3/c1-2-23(12-11-20(27)26-22(23)29)14-7-9-15(10-8-14)25-21(28)18-13-17(18)16-5-3-4-6-19(16)24/h3-10,17-18H,2,11-13H2,1H3,(H,25,28)(H,26,27,29). The molecule has 3 atom stereocenters. The Bertz CT molecular complexity index is 972. The van der Waals surface area contributed by atoms with Gasteiger partial charge in [0.2, 0.25) is 17.7 Å². The minimum Gasteiger partial charge on any atom is -0.326 e. The van der Waals surface area contributed by atoms with Crippen molar-refractivity contribution < 1.29 is 18.8 Å². The molecule has 5 nitrogen and oxygen atoms in total. The molecule has 3 amide bonds. The summed E-state index contributed by atoms with van der Waals surface area (Å²) in [5.74, 6) is -1.22. The molecule has 150 valence electrons. The first-order chi connectivity index (χ1) is 13.9. The van der Waals surface area contributed by atoms with Gasteiger partial charge in [0.15, 0.2) is 0 Å². The van der Waals surface area contributed by atoms with Crippen molar-refractivity contribution in [3.8, 4) is 0 Å². The highest BCUT2D eigenvalue weighted by Crippen LogP contribution is 2.48. The van der Waals surface area contributed by atoms with Crippen LogP contribution in [0.3, 0.4) is 0 Å². The van der Waals surface area contributed by atoms with Crippen molar-refractivity contribution in [2.45, 2.75) is 43.9 Å². The average molecular weight is 394 g/mol. The van der Waals surface area contributed by atoms with E-state index in [2.05, 4.69) is 10.6 Å². The number of halogens is 1. The van der Waals surface area contributed by atoms with Crippen LogP contribution in [0.4, 0.5) is 10.1 Å². The molecule has 6 heteroatoms. The highest BCUT2D eigenvalue weighted by atomic mass is 19.1. The van der Waals surface area contributed by atoms with Crippen LogP contribution in [0.2, 0.25) is 0 Å². The van der Waals surface area contributed by atoms with E-state index in [0.717, 1.165) is 5.56 Å². The summed E-state index contributed by atoms with van der Waals surface area (Å²) >= 11 is 0. The zero-order valence-electron chi connectivity index (χ0n) is 16.2. The lowest BCUT2D eigenvalue weighted by Gasteiger charge is -2.35. The van der Waals surface area contributed by atoms with E-state index in [0.29, 0.717) is 36.9 Å². The molecular weight excluding hydrogens is 371 g/mol. The molecular formula is C23H23FN2O3. The summed E-state index contributed by atoms with van der Waals surface area (Å²) in [6.07, 6.45) is 2.02. The van der Waals surface area contributed by atoms with Crippen LogP contribution < -0.4 is 10.6 Å². The zero-order valence-corrected chi connectivity index (χ0v) is 16.2. The Labute approximate surface area is 168 Å². The molecule has 2 N–H and O–H groups in total. The summed E-state index contributed by atoms with van der Waals surface area (Å²) < 4.78 is 13.9. The number of carbonyl (C=O) groups excluding carboxylic acids is 3. The molecule has 2 aromatic rings. The molecule has 29 heavy (non-hydrogen) atoms. The smallest absolute Gasteiger partial charge is 0.237 e. The van der Waals surface area contributed by atoms with Gasteiger partial charge in [-0.05, 0) is 54.5 Å². The normalized spacial score (nSPS) is 26.0. The highest BCUT2D eigenvalue weighted by Gasteiger charge is 2.45. The van der Waals surface area contributed by atoms with E-state index < -0.39 is 5.41 Å². The summed E-state index contributed by atoms with van der Waals surface area (Å²) in [6, 6.07) is 13.8. The Balaban J connectivity index is 1.44. The van der Waals surface area contributed by atoms with Gasteiger partial charge >= 0.3 is 0 Å². The van der Waals surface area contributed by atoms with Gasteiger partial charge in [-0.2, -0.15) is 0 Å². The summed E-state index contributed by atoms with van der Waals surface area (Å²) in [5.41, 5.74) is 1.34. The van der Waals surface area contributed by atoms with E-state index in [1.54, 1.807) is 30.3 Å².